The molecule has 5 heteroatoms. The number of hydrogen-bond acceptors (Lipinski definition) is 4. The van der Waals surface area contributed by atoms with Crippen molar-refractivity contribution in [1.82, 2.24) is 9.91 Å². The van der Waals surface area contributed by atoms with Crippen molar-refractivity contribution in [3.63, 3.8) is 0 Å². The molecule has 1 aliphatic carbocycles. The van der Waals surface area contributed by atoms with Crippen molar-refractivity contribution in [2.45, 2.75) is 36.7 Å². The Labute approximate surface area is 118 Å². The zero-order valence-corrected chi connectivity index (χ0v) is 12.8. The third-order valence-electron chi connectivity index (χ3n) is 3.84. The van der Waals surface area contributed by atoms with Gasteiger partial charge in [-0.2, -0.15) is 5.10 Å². The summed E-state index contributed by atoms with van der Waals surface area (Å²) in [6, 6.07) is 0.429. The fourth-order valence-electron chi connectivity index (χ4n) is 2.60. The highest BCUT2D eigenvalue weighted by molar-refractivity contribution is 9.09. The van der Waals surface area contributed by atoms with Gasteiger partial charge in [0.05, 0.1) is 0 Å². The summed E-state index contributed by atoms with van der Waals surface area (Å²) in [5.74, 6) is 1.81. The Morgan fingerprint density at radius 2 is 2.11 bits per heavy atom. The van der Waals surface area contributed by atoms with E-state index in [1.807, 2.05) is 12.1 Å². The standard InChI is InChI=1S/C13H23BrN4/c1-17(9-10-3-5-11(15)6-4-10)13-8-7-12(14)18(2)16-13/h7-8,10-12H,3-6,9,15H2,1-2H3. The molecule has 1 unspecified atom stereocenters. The summed E-state index contributed by atoms with van der Waals surface area (Å²) in [5.41, 5.74) is 5.94. The average molecular weight is 315 g/mol. The predicted octanol–water partition coefficient (Wildman–Crippen LogP) is 1.97. The molecule has 102 valence electrons. The Morgan fingerprint density at radius 1 is 1.44 bits per heavy atom. The molecule has 1 aliphatic heterocycles. The summed E-state index contributed by atoms with van der Waals surface area (Å²) in [4.78, 5) is 2.47. The van der Waals surface area contributed by atoms with Crippen LogP contribution in [0.25, 0.3) is 0 Å². The maximum absolute atomic E-state index is 5.94. The third kappa shape index (κ3) is 3.48. The molecule has 1 fully saturated rings. The van der Waals surface area contributed by atoms with Crippen molar-refractivity contribution < 1.29 is 0 Å². The number of hydrazone groups is 1. The smallest absolute Gasteiger partial charge is 0.148 e. The first-order valence-electron chi connectivity index (χ1n) is 6.66. The minimum Gasteiger partial charge on any atom is -0.358 e. The second kappa shape index (κ2) is 6.06. The molecule has 2 N–H and O–H groups in total. The van der Waals surface area contributed by atoms with Crippen molar-refractivity contribution >= 4 is 21.8 Å². The molecule has 0 radical (unpaired) electrons. The van der Waals surface area contributed by atoms with Gasteiger partial charge in [-0.25, -0.2) is 0 Å². The predicted molar refractivity (Wildman–Crippen MR) is 79.6 cm³/mol. The van der Waals surface area contributed by atoms with Gasteiger partial charge in [0.15, 0.2) is 0 Å². The Bertz CT molecular complexity index is 334. The average Bonchev–Trinajstić information content (AvgIpc) is 2.35. The monoisotopic (exact) mass is 314 g/mol. The van der Waals surface area contributed by atoms with E-state index in [0.717, 1.165) is 18.3 Å². The number of likely N-dealkylation sites (N-methyl/N-ethyl adjacent to an activating group) is 2. The molecule has 0 amide bonds. The highest BCUT2D eigenvalue weighted by Gasteiger charge is 2.21. The summed E-state index contributed by atoms with van der Waals surface area (Å²) in [5, 5.41) is 6.49. The van der Waals surface area contributed by atoms with Crippen LogP contribution in [-0.2, 0) is 0 Å². The molecule has 1 atom stereocenters. The van der Waals surface area contributed by atoms with Gasteiger partial charge < -0.3 is 10.6 Å². The van der Waals surface area contributed by atoms with Crippen molar-refractivity contribution in [1.29, 1.82) is 0 Å². The van der Waals surface area contributed by atoms with Gasteiger partial charge in [-0.3, -0.25) is 5.01 Å². The van der Waals surface area contributed by atoms with Crippen LogP contribution in [0, 0.1) is 5.92 Å². The van der Waals surface area contributed by atoms with Crippen molar-refractivity contribution in [2.75, 3.05) is 20.6 Å². The fourth-order valence-corrected chi connectivity index (χ4v) is 2.84. The van der Waals surface area contributed by atoms with Crippen LogP contribution in [0.3, 0.4) is 0 Å². The van der Waals surface area contributed by atoms with Gasteiger partial charge in [0.1, 0.15) is 10.8 Å². The molecule has 0 aromatic carbocycles. The first kappa shape index (κ1) is 13.9. The molecule has 1 heterocycles. The summed E-state index contributed by atoms with van der Waals surface area (Å²) in [7, 11) is 4.11. The number of nitrogens with zero attached hydrogens (tertiary/aromatic N) is 3. The van der Waals surface area contributed by atoms with Gasteiger partial charge in [0.2, 0.25) is 0 Å². The van der Waals surface area contributed by atoms with E-state index in [2.05, 4.69) is 45.1 Å². The molecule has 0 aromatic heterocycles. The lowest BCUT2D eigenvalue weighted by Crippen LogP contribution is -2.37. The van der Waals surface area contributed by atoms with E-state index in [1.165, 1.54) is 25.7 Å². The Kier molecular flexibility index (Phi) is 4.67. The topological polar surface area (TPSA) is 44.9 Å². The Morgan fingerprint density at radius 3 is 2.72 bits per heavy atom. The van der Waals surface area contributed by atoms with E-state index < -0.39 is 0 Å². The van der Waals surface area contributed by atoms with Crippen LogP contribution in [-0.4, -0.2) is 47.4 Å². The third-order valence-corrected chi connectivity index (χ3v) is 4.73. The molecular weight excluding hydrogens is 292 g/mol. The lowest BCUT2D eigenvalue weighted by Gasteiger charge is -2.32. The van der Waals surface area contributed by atoms with E-state index in [1.54, 1.807) is 0 Å². The van der Waals surface area contributed by atoms with Gasteiger partial charge >= 0.3 is 0 Å². The van der Waals surface area contributed by atoms with Crippen LogP contribution >= 0.6 is 15.9 Å². The summed E-state index contributed by atoms with van der Waals surface area (Å²) in [6.07, 6.45) is 9.05. The fraction of sp³-hybridized carbons (Fsp3) is 0.769. The second-order valence-electron chi connectivity index (χ2n) is 5.42. The number of halogens is 1. The first-order valence-corrected chi connectivity index (χ1v) is 7.58. The van der Waals surface area contributed by atoms with Crippen LogP contribution < -0.4 is 5.73 Å². The lowest BCUT2D eigenvalue weighted by atomic mass is 9.86. The number of amidine groups is 1. The van der Waals surface area contributed by atoms with Crippen LogP contribution in [0.15, 0.2) is 17.3 Å². The van der Waals surface area contributed by atoms with Gasteiger partial charge in [-0.15, -0.1) is 0 Å². The van der Waals surface area contributed by atoms with Crippen molar-refractivity contribution in [2.24, 2.45) is 16.8 Å². The summed E-state index contributed by atoms with van der Waals surface area (Å²) in [6.45, 7) is 1.08. The quantitative estimate of drug-likeness (QED) is 0.626. The van der Waals surface area contributed by atoms with Crippen LogP contribution in [0.2, 0.25) is 0 Å². The van der Waals surface area contributed by atoms with Gasteiger partial charge in [0, 0.05) is 26.7 Å². The van der Waals surface area contributed by atoms with Gasteiger partial charge in [-0.05, 0) is 43.8 Å². The minimum atomic E-state index is 0.210. The molecular formula is C13H23BrN4. The summed E-state index contributed by atoms with van der Waals surface area (Å²) < 4.78 is 0. The largest absolute Gasteiger partial charge is 0.358 e. The first-order chi connectivity index (χ1) is 8.56. The molecule has 0 bridgehead atoms. The Hall–Kier alpha value is -0.550. The summed E-state index contributed by atoms with van der Waals surface area (Å²) >= 11 is 3.53. The molecule has 0 aromatic rings. The maximum atomic E-state index is 5.94. The molecule has 0 spiro atoms. The molecule has 18 heavy (non-hydrogen) atoms. The van der Waals surface area contributed by atoms with Gasteiger partial charge in [0.25, 0.3) is 0 Å². The molecule has 4 nitrogen and oxygen atoms in total. The normalized spacial score (nSPS) is 32.3. The van der Waals surface area contributed by atoms with E-state index in [0.29, 0.717) is 6.04 Å². The van der Waals surface area contributed by atoms with E-state index in [9.17, 15) is 0 Å². The molecule has 2 rings (SSSR count). The van der Waals surface area contributed by atoms with Crippen molar-refractivity contribution in [3.8, 4) is 0 Å². The lowest BCUT2D eigenvalue weighted by molar-refractivity contribution is 0.272. The zero-order valence-electron chi connectivity index (χ0n) is 11.2. The zero-order chi connectivity index (χ0) is 13.1. The highest BCUT2D eigenvalue weighted by atomic mass is 79.9. The number of rotatable bonds is 2. The Balaban J connectivity index is 1.87. The number of hydrogen-bond donors (Lipinski definition) is 1. The minimum absolute atomic E-state index is 0.210. The van der Waals surface area contributed by atoms with E-state index >= 15 is 0 Å². The molecule has 2 aliphatic rings. The number of alkyl halides is 1. The maximum Gasteiger partial charge on any atom is 0.148 e. The van der Waals surface area contributed by atoms with E-state index in [4.69, 9.17) is 5.73 Å². The molecule has 0 saturated heterocycles. The van der Waals surface area contributed by atoms with Crippen LogP contribution in [0.4, 0.5) is 0 Å². The van der Waals surface area contributed by atoms with Gasteiger partial charge in [-0.1, -0.05) is 15.9 Å². The van der Waals surface area contributed by atoms with Crippen molar-refractivity contribution in [3.05, 3.63) is 12.2 Å². The highest BCUT2D eigenvalue weighted by Crippen LogP contribution is 2.24. The molecule has 1 saturated carbocycles. The second-order valence-corrected chi connectivity index (χ2v) is 6.36. The van der Waals surface area contributed by atoms with Crippen LogP contribution in [0.1, 0.15) is 25.7 Å². The van der Waals surface area contributed by atoms with E-state index in [-0.39, 0.29) is 4.95 Å². The van der Waals surface area contributed by atoms with Crippen LogP contribution in [0.5, 0.6) is 0 Å². The SMILES string of the molecule is CN(CC1CCC(N)CC1)C1=NN(C)C(Br)C=C1. The number of nitrogens with two attached hydrogens (primary N) is 1.